The average molecular weight is 273 g/mol. The summed E-state index contributed by atoms with van der Waals surface area (Å²) in [5, 5.41) is 3.75. The molecular formula is C19H31N. The van der Waals surface area contributed by atoms with Gasteiger partial charge in [0.2, 0.25) is 0 Å². The van der Waals surface area contributed by atoms with E-state index in [4.69, 9.17) is 0 Å². The zero-order valence-corrected chi connectivity index (χ0v) is 13.9. The van der Waals surface area contributed by atoms with Crippen molar-refractivity contribution in [2.24, 2.45) is 11.3 Å². The van der Waals surface area contributed by atoms with E-state index in [1.807, 2.05) is 0 Å². The zero-order valence-electron chi connectivity index (χ0n) is 13.9. The largest absolute Gasteiger partial charge is 0.382 e. The minimum Gasteiger partial charge on any atom is -0.382 e. The molecule has 3 unspecified atom stereocenters. The third kappa shape index (κ3) is 4.01. The molecule has 1 aromatic rings. The van der Waals surface area contributed by atoms with Crippen LogP contribution in [0, 0.1) is 11.3 Å². The van der Waals surface area contributed by atoms with Gasteiger partial charge >= 0.3 is 0 Å². The third-order valence-corrected chi connectivity index (χ3v) is 4.85. The van der Waals surface area contributed by atoms with Crippen molar-refractivity contribution in [2.75, 3.05) is 5.32 Å². The van der Waals surface area contributed by atoms with Crippen LogP contribution < -0.4 is 5.32 Å². The van der Waals surface area contributed by atoms with Gasteiger partial charge in [-0.15, -0.1) is 0 Å². The van der Waals surface area contributed by atoms with E-state index in [9.17, 15) is 0 Å². The summed E-state index contributed by atoms with van der Waals surface area (Å²) in [6, 6.07) is 9.71. The van der Waals surface area contributed by atoms with Gasteiger partial charge in [0.05, 0.1) is 0 Å². The topological polar surface area (TPSA) is 12.0 Å². The normalized spacial score (nSPS) is 27.1. The Bertz CT molecular complexity index is 418. The van der Waals surface area contributed by atoms with Gasteiger partial charge in [0, 0.05) is 11.7 Å². The third-order valence-electron chi connectivity index (χ3n) is 4.85. The maximum absolute atomic E-state index is 3.75. The molecule has 1 aliphatic carbocycles. The van der Waals surface area contributed by atoms with Gasteiger partial charge in [-0.3, -0.25) is 0 Å². The van der Waals surface area contributed by atoms with Gasteiger partial charge in [0.15, 0.2) is 0 Å². The van der Waals surface area contributed by atoms with Crippen LogP contribution in [-0.4, -0.2) is 6.04 Å². The Morgan fingerprint density at radius 1 is 1.20 bits per heavy atom. The molecule has 0 aliphatic heterocycles. The highest BCUT2D eigenvalue weighted by Gasteiger charge is 2.31. The maximum Gasteiger partial charge on any atom is 0.0342 e. The maximum atomic E-state index is 3.75. The van der Waals surface area contributed by atoms with Gasteiger partial charge in [-0.1, -0.05) is 46.8 Å². The molecule has 0 spiro atoms. The molecule has 1 nitrogen and oxygen atoms in total. The first-order chi connectivity index (χ1) is 9.39. The summed E-state index contributed by atoms with van der Waals surface area (Å²) in [7, 11) is 0. The highest BCUT2D eigenvalue weighted by atomic mass is 14.9. The Kier molecular flexibility index (Phi) is 4.78. The van der Waals surface area contributed by atoms with Crippen molar-refractivity contribution in [3.8, 4) is 0 Å². The molecule has 2 rings (SSSR count). The van der Waals surface area contributed by atoms with Crippen LogP contribution in [0.1, 0.15) is 71.8 Å². The lowest BCUT2D eigenvalue weighted by molar-refractivity contribution is 0.178. The lowest BCUT2D eigenvalue weighted by atomic mass is 9.70. The van der Waals surface area contributed by atoms with Gasteiger partial charge in [-0.25, -0.2) is 0 Å². The Labute approximate surface area is 125 Å². The van der Waals surface area contributed by atoms with Crippen molar-refractivity contribution < 1.29 is 0 Å². The standard InChI is InChI=1S/C19H31N/c1-6-15(3)16-7-9-17(10-8-16)20-18-11-14(2)12-19(4,5)13-18/h7-10,14-15,18,20H,6,11-13H2,1-5H3. The minimum absolute atomic E-state index is 0.478. The van der Waals surface area contributed by atoms with E-state index in [2.05, 4.69) is 64.2 Å². The van der Waals surface area contributed by atoms with Gasteiger partial charge in [-0.2, -0.15) is 0 Å². The molecule has 1 fully saturated rings. The van der Waals surface area contributed by atoms with Gasteiger partial charge < -0.3 is 5.32 Å². The number of nitrogens with one attached hydrogen (secondary N) is 1. The molecule has 1 heteroatoms. The molecule has 3 atom stereocenters. The van der Waals surface area contributed by atoms with E-state index < -0.39 is 0 Å². The summed E-state index contributed by atoms with van der Waals surface area (Å²) in [5.41, 5.74) is 3.22. The summed E-state index contributed by atoms with van der Waals surface area (Å²) in [5.74, 6) is 1.49. The summed E-state index contributed by atoms with van der Waals surface area (Å²) in [6.07, 6.45) is 5.15. The Balaban J connectivity index is 1.99. The lowest BCUT2D eigenvalue weighted by Crippen LogP contribution is -2.35. The van der Waals surface area contributed by atoms with Crippen molar-refractivity contribution in [1.82, 2.24) is 0 Å². The fourth-order valence-electron chi connectivity index (χ4n) is 3.84. The molecule has 0 radical (unpaired) electrons. The van der Waals surface area contributed by atoms with E-state index in [1.165, 1.54) is 36.9 Å². The van der Waals surface area contributed by atoms with Crippen molar-refractivity contribution in [1.29, 1.82) is 0 Å². The van der Waals surface area contributed by atoms with Gasteiger partial charge in [0.1, 0.15) is 0 Å². The molecule has 0 heterocycles. The second-order valence-electron chi connectivity index (χ2n) is 7.69. The Morgan fingerprint density at radius 3 is 2.40 bits per heavy atom. The van der Waals surface area contributed by atoms with E-state index in [1.54, 1.807) is 0 Å². The molecule has 20 heavy (non-hydrogen) atoms. The molecule has 0 bridgehead atoms. The predicted molar refractivity (Wildman–Crippen MR) is 89.4 cm³/mol. The SMILES string of the molecule is CCC(C)c1ccc(NC2CC(C)CC(C)(C)C2)cc1. The molecule has 0 amide bonds. The van der Waals surface area contributed by atoms with Crippen LogP contribution in [0.25, 0.3) is 0 Å². The molecule has 0 aromatic heterocycles. The highest BCUT2D eigenvalue weighted by molar-refractivity contribution is 5.46. The zero-order chi connectivity index (χ0) is 14.8. The number of rotatable bonds is 4. The quantitative estimate of drug-likeness (QED) is 0.728. The molecule has 0 saturated heterocycles. The number of hydrogen-bond donors (Lipinski definition) is 1. The smallest absolute Gasteiger partial charge is 0.0342 e. The highest BCUT2D eigenvalue weighted by Crippen LogP contribution is 2.39. The Hall–Kier alpha value is -0.980. The van der Waals surface area contributed by atoms with Crippen molar-refractivity contribution in [3.05, 3.63) is 29.8 Å². The molecule has 1 saturated carbocycles. The summed E-state index contributed by atoms with van der Waals surface area (Å²) in [6.45, 7) is 11.8. The van der Waals surface area contributed by atoms with E-state index in [-0.39, 0.29) is 0 Å². The van der Waals surface area contributed by atoms with Gasteiger partial charge in [0.25, 0.3) is 0 Å². The lowest BCUT2D eigenvalue weighted by Gasteiger charge is -2.39. The fraction of sp³-hybridized carbons (Fsp3) is 0.684. The monoisotopic (exact) mass is 273 g/mol. The summed E-state index contributed by atoms with van der Waals surface area (Å²) >= 11 is 0. The fourth-order valence-corrected chi connectivity index (χ4v) is 3.84. The van der Waals surface area contributed by atoms with Crippen LogP contribution in [0.5, 0.6) is 0 Å². The van der Waals surface area contributed by atoms with Crippen molar-refractivity contribution >= 4 is 5.69 Å². The first-order valence-corrected chi connectivity index (χ1v) is 8.26. The first kappa shape index (κ1) is 15.4. The van der Waals surface area contributed by atoms with Gasteiger partial charge in [-0.05, 0) is 60.6 Å². The van der Waals surface area contributed by atoms with Crippen LogP contribution in [0.4, 0.5) is 5.69 Å². The molecular weight excluding hydrogens is 242 g/mol. The van der Waals surface area contributed by atoms with Crippen molar-refractivity contribution in [2.45, 2.75) is 72.3 Å². The minimum atomic E-state index is 0.478. The van der Waals surface area contributed by atoms with Crippen LogP contribution in [-0.2, 0) is 0 Å². The van der Waals surface area contributed by atoms with E-state index in [0.717, 1.165) is 5.92 Å². The van der Waals surface area contributed by atoms with Crippen LogP contribution in [0.3, 0.4) is 0 Å². The van der Waals surface area contributed by atoms with E-state index >= 15 is 0 Å². The van der Waals surface area contributed by atoms with Crippen LogP contribution >= 0.6 is 0 Å². The Morgan fingerprint density at radius 2 is 1.85 bits per heavy atom. The second kappa shape index (κ2) is 6.20. The molecule has 1 aromatic carbocycles. The second-order valence-corrected chi connectivity index (χ2v) is 7.69. The van der Waals surface area contributed by atoms with Crippen LogP contribution in [0.15, 0.2) is 24.3 Å². The molecule has 1 N–H and O–H groups in total. The van der Waals surface area contributed by atoms with Crippen LogP contribution in [0.2, 0.25) is 0 Å². The number of hydrogen-bond acceptors (Lipinski definition) is 1. The molecule has 1 aliphatic rings. The summed E-state index contributed by atoms with van der Waals surface area (Å²) in [4.78, 5) is 0. The van der Waals surface area contributed by atoms with E-state index in [0.29, 0.717) is 17.4 Å². The summed E-state index contributed by atoms with van der Waals surface area (Å²) < 4.78 is 0. The predicted octanol–water partition coefficient (Wildman–Crippen LogP) is 5.83. The number of anilines is 1. The number of benzene rings is 1. The first-order valence-electron chi connectivity index (χ1n) is 8.26. The molecule has 112 valence electrons. The average Bonchev–Trinajstić information content (AvgIpc) is 2.36. The van der Waals surface area contributed by atoms with Crippen molar-refractivity contribution in [3.63, 3.8) is 0 Å².